The number of hydrogen-bond donors (Lipinski definition) is 0. The summed E-state index contributed by atoms with van der Waals surface area (Å²) in [5.41, 5.74) is 6.47. The molecule has 262 valence electrons. The van der Waals surface area contributed by atoms with Crippen LogP contribution in [0.2, 0.25) is 5.02 Å². The molecule has 1 saturated carbocycles. The van der Waals surface area contributed by atoms with Crippen LogP contribution in [0.1, 0.15) is 85.9 Å². The van der Waals surface area contributed by atoms with Crippen molar-refractivity contribution < 1.29 is 14.3 Å². The lowest BCUT2D eigenvalue weighted by Crippen LogP contribution is -2.62. The molecular weight excluding hydrogens is 648 g/mol. The van der Waals surface area contributed by atoms with Crippen LogP contribution in [0.5, 0.6) is 0 Å². The number of carbonyl (C=O) groups is 2. The Morgan fingerprint density at radius 2 is 1.84 bits per heavy atom. The second-order valence-corrected chi connectivity index (χ2v) is 14.3. The molecule has 0 N–H and O–H groups in total. The quantitative estimate of drug-likeness (QED) is 0.181. The van der Waals surface area contributed by atoms with E-state index in [2.05, 4.69) is 47.1 Å². The van der Waals surface area contributed by atoms with Crippen LogP contribution in [0, 0.1) is 0 Å². The summed E-state index contributed by atoms with van der Waals surface area (Å²) in [7, 11) is 0. The Kier molecular flexibility index (Phi) is 10.8. The van der Waals surface area contributed by atoms with Crippen LogP contribution in [0.3, 0.4) is 0 Å². The van der Waals surface area contributed by atoms with Crippen molar-refractivity contribution in [3.05, 3.63) is 112 Å². The third kappa shape index (κ3) is 7.59. The molecule has 0 spiro atoms. The van der Waals surface area contributed by atoms with Crippen LogP contribution in [0.15, 0.2) is 79.5 Å². The molecule has 2 aromatic heterocycles. The number of aromatic nitrogens is 3. The van der Waals surface area contributed by atoms with E-state index in [9.17, 15) is 4.79 Å². The SMILES string of the molecule is CCCCN(C(=O)[C@H]1CN([C@H]2c3ccc(Cl)cc3CCc3cccnc32)CCN1C(=O)OC1CCCCC1)c1cccc(Cn2ccnc2)c1. The van der Waals surface area contributed by atoms with Gasteiger partial charge in [0.25, 0.3) is 5.91 Å². The van der Waals surface area contributed by atoms with Crippen LogP contribution < -0.4 is 4.90 Å². The van der Waals surface area contributed by atoms with E-state index in [0.29, 0.717) is 37.7 Å². The van der Waals surface area contributed by atoms with Gasteiger partial charge in [0.15, 0.2) is 0 Å². The zero-order chi connectivity index (χ0) is 34.5. The van der Waals surface area contributed by atoms with Gasteiger partial charge in [-0.25, -0.2) is 9.78 Å². The number of carbonyl (C=O) groups excluding carboxylic acids is 2. The topological polar surface area (TPSA) is 83.8 Å². The van der Waals surface area contributed by atoms with Gasteiger partial charge in [-0.1, -0.05) is 55.6 Å². The number of rotatable bonds is 9. The highest BCUT2D eigenvalue weighted by Gasteiger charge is 2.43. The summed E-state index contributed by atoms with van der Waals surface area (Å²) < 4.78 is 8.16. The van der Waals surface area contributed by atoms with E-state index in [1.165, 1.54) is 17.5 Å². The maximum atomic E-state index is 15.1. The average molecular weight is 695 g/mol. The molecule has 3 heterocycles. The van der Waals surface area contributed by atoms with Crippen molar-refractivity contribution in [2.24, 2.45) is 0 Å². The molecule has 2 atom stereocenters. The number of benzene rings is 2. The highest BCUT2D eigenvalue weighted by atomic mass is 35.5. The lowest BCUT2D eigenvalue weighted by atomic mass is 9.95. The number of unbranched alkanes of at least 4 members (excludes halogenated alkanes) is 1. The van der Waals surface area contributed by atoms with Crippen LogP contribution in [0.25, 0.3) is 0 Å². The molecule has 0 radical (unpaired) electrons. The van der Waals surface area contributed by atoms with Crippen molar-refractivity contribution in [1.82, 2.24) is 24.3 Å². The van der Waals surface area contributed by atoms with Gasteiger partial charge in [-0.3, -0.25) is 19.6 Å². The van der Waals surface area contributed by atoms with Gasteiger partial charge in [0.05, 0.1) is 18.1 Å². The zero-order valence-electron chi connectivity index (χ0n) is 28.9. The number of amides is 2. The molecule has 50 heavy (non-hydrogen) atoms. The predicted octanol–water partition coefficient (Wildman–Crippen LogP) is 7.46. The van der Waals surface area contributed by atoms with Crippen LogP contribution in [0.4, 0.5) is 10.5 Å². The summed E-state index contributed by atoms with van der Waals surface area (Å²) in [5.74, 6) is -0.0882. The predicted molar refractivity (Wildman–Crippen MR) is 195 cm³/mol. The minimum atomic E-state index is -0.736. The maximum absolute atomic E-state index is 15.1. The summed E-state index contributed by atoms with van der Waals surface area (Å²) in [4.78, 5) is 44.2. The van der Waals surface area contributed by atoms with Crippen molar-refractivity contribution in [3.63, 3.8) is 0 Å². The third-order valence-electron chi connectivity index (χ3n) is 10.5. The molecule has 4 aromatic rings. The highest BCUT2D eigenvalue weighted by molar-refractivity contribution is 6.30. The summed E-state index contributed by atoms with van der Waals surface area (Å²) in [6.07, 6.45) is 15.4. The van der Waals surface area contributed by atoms with E-state index in [-0.39, 0.29) is 24.1 Å². The van der Waals surface area contributed by atoms with Crippen molar-refractivity contribution in [2.75, 3.05) is 31.1 Å². The molecule has 2 aliphatic carbocycles. The molecule has 7 rings (SSSR count). The van der Waals surface area contributed by atoms with Crippen molar-refractivity contribution >= 4 is 29.3 Å². The monoisotopic (exact) mass is 694 g/mol. The van der Waals surface area contributed by atoms with Gasteiger partial charge in [-0.05, 0) is 97.5 Å². The van der Waals surface area contributed by atoms with E-state index < -0.39 is 6.04 Å². The number of fused-ring (bicyclic) bond motifs is 2. The Bertz CT molecular complexity index is 1770. The van der Waals surface area contributed by atoms with E-state index >= 15 is 4.79 Å². The van der Waals surface area contributed by atoms with Gasteiger partial charge in [-0.15, -0.1) is 0 Å². The summed E-state index contributed by atoms with van der Waals surface area (Å²) in [5, 5.41) is 0.714. The van der Waals surface area contributed by atoms with Gasteiger partial charge in [0.2, 0.25) is 0 Å². The van der Waals surface area contributed by atoms with Gasteiger partial charge < -0.3 is 14.2 Å². The van der Waals surface area contributed by atoms with E-state index in [1.54, 1.807) is 17.4 Å². The number of anilines is 1. The maximum Gasteiger partial charge on any atom is 0.410 e. The first-order chi connectivity index (χ1) is 24.5. The molecule has 0 bridgehead atoms. The fourth-order valence-corrected chi connectivity index (χ4v) is 8.09. The number of halogens is 1. The molecule has 2 fully saturated rings. The Labute approximate surface area is 300 Å². The minimum absolute atomic E-state index is 0.0882. The standard InChI is InChI=1S/C40H47ClN6O3/c1-2-3-20-46(33-11-7-9-29(24-33)26-44-21-19-42-28-44)39(48)36-27-45(22-23-47(36)40(49)50-34-12-5-4-6-13-34)38-35-17-16-32(41)25-31(35)15-14-30-10-8-18-43-37(30)38/h7-11,16-19,21,24-25,28,34,36,38H,2-6,12-15,20,22-23,26-27H2,1H3/t36-,38+/m1/s1. The van der Waals surface area contributed by atoms with Crippen molar-refractivity contribution in [1.29, 1.82) is 0 Å². The number of pyridine rings is 1. The van der Waals surface area contributed by atoms with Crippen molar-refractivity contribution in [2.45, 2.75) is 89.4 Å². The van der Waals surface area contributed by atoms with Crippen LogP contribution in [-0.4, -0.2) is 74.7 Å². The zero-order valence-corrected chi connectivity index (χ0v) is 29.7. The Morgan fingerprint density at radius 1 is 0.980 bits per heavy atom. The van der Waals surface area contributed by atoms with Crippen molar-refractivity contribution in [3.8, 4) is 0 Å². The molecular formula is C40H47ClN6O3. The van der Waals surface area contributed by atoms with Crippen LogP contribution >= 0.6 is 11.6 Å². The fourth-order valence-electron chi connectivity index (χ4n) is 7.89. The highest BCUT2D eigenvalue weighted by Crippen LogP contribution is 2.38. The Balaban J connectivity index is 1.24. The number of piperazine rings is 1. The van der Waals surface area contributed by atoms with Crippen LogP contribution in [-0.2, 0) is 28.9 Å². The minimum Gasteiger partial charge on any atom is -0.446 e. The number of imidazole rings is 1. The second-order valence-electron chi connectivity index (χ2n) is 13.9. The Hall–Kier alpha value is -4.21. The number of hydrogen-bond acceptors (Lipinski definition) is 6. The molecule has 2 amide bonds. The molecule has 1 aliphatic heterocycles. The molecule has 3 aliphatic rings. The summed E-state index contributed by atoms with van der Waals surface area (Å²) in [6, 6.07) is 17.6. The normalized spacial score (nSPS) is 19.7. The fraction of sp³-hybridized carbons (Fsp3) is 0.450. The Morgan fingerprint density at radius 3 is 2.66 bits per heavy atom. The number of aryl methyl sites for hydroxylation is 2. The van der Waals surface area contributed by atoms with Gasteiger partial charge in [0.1, 0.15) is 12.1 Å². The number of nitrogens with zero attached hydrogens (tertiary/aromatic N) is 6. The first kappa shape index (κ1) is 34.2. The largest absolute Gasteiger partial charge is 0.446 e. The lowest BCUT2D eigenvalue weighted by molar-refractivity contribution is -0.126. The smallest absolute Gasteiger partial charge is 0.410 e. The summed E-state index contributed by atoms with van der Waals surface area (Å²) >= 11 is 6.52. The van der Waals surface area contributed by atoms with E-state index in [4.69, 9.17) is 21.3 Å². The molecule has 2 aromatic carbocycles. The first-order valence-corrected chi connectivity index (χ1v) is 18.7. The molecule has 9 nitrogen and oxygen atoms in total. The second kappa shape index (κ2) is 15.8. The molecule has 1 saturated heterocycles. The van der Waals surface area contributed by atoms with Gasteiger partial charge in [0, 0.05) is 62.0 Å². The van der Waals surface area contributed by atoms with E-state index in [0.717, 1.165) is 73.9 Å². The number of ether oxygens (including phenoxy) is 1. The molecule has 10 heteroatoms. The third-order valence-corrected chi connectivity index (χ3v) is 10.7. The van der Waals surface area contributed by atoms with E-state index in [1.807, 2.05) is 46.1 Å². The van der Waals surface area contributed by atoms with Gasteiger partial charge >= 0.3 is 6.09 Å². The summed E-state index contributed by atoms with van der Waals surface area (Å²) in [6.45, 7) is 4.67. The molecule has 0 unspecified atom stereocenters. The van der Waals surface area contributed by atoms with Gasteiger partial charge in [-0.2, -0.15) is 0 Å². The lowest BCUT2D eigenvalue weighted by Gasteiger charge is -2.45. The first-order valence-electron chi connectivity index (χ1n) is 18.3. The average Bonchev–Trinajstić information content (AvgIpc) is 3.59.